The first kappa shape index (κ1) is 17.8. The van der Waals surface area contributed by atoms with E-state index in [-0.39, 0.29) is 11.8 Å². The number of piperidine rings is 2. The molecule has 1 aromatic carbocycles. The molecule has 0 unspecified atom stereocenters. The van der Waals surface area contributed by atoms with Gasteiger partial charge in [-0.15, -0.1) is 0 Å². The fourth-order valence-electron chi connectivity index (χ4n) is 3.87. The lowest BCUT2D eigenvalue weighted by molar-refractivity contribution is -0.141. The molecule has 0 N–H and O–H groups in total. The number of para-hydroxylation sites is 1. The minimum atomic E-state index is 0.0911. The first-order valence-corrected chi connectivity index (χ1v) is 9.37. The molecular weight excluding hydrogens is 316 g/mol. The summed E-state index contributed by atoms with van der Waals surface area (Å²) in [5.41, 5.74) is 0.918. The largest absolute Gasteiger partial charge is 0.496 e. The number of nitrogens with zero attached hydrogens (tertiary/aromatic N) is 2. The third-order valence-corrected chi connectivity index (χ3v) is 5.40. The fraction of sp³-hybridized carbons (Fsp3) is 0.600. The van der Waals surface area contributed by atoms with Crippen LogP contribution < -0.4 is 4.74 Å². The number of methoxy groups -OCH3 is 1. The van der Waals surface area contributed by atoms with Gasteiger partial charge in [-0.2, -0.15) is 0 Å². The van der Waals surface area contributed by atoms with Crippen molar-refractivity contribution in [2.24, 2.45) is 5.92 Å². The van der Waals surface area contributed by atoms with E-state index in [0.717, 1.165) is 50.1 Å². The quantitative estimate of drug-likeness (QED) is 0.843. The topological polar surface area (TPSA) is 49.9 Å². The summed E-state index contributed by atoms with van der Waals surface area (Å²) >= 11 is 0. The number of carbonyl (C=O) groups excluding carboxylic acids is 2. The molecule has 2 saturated heterocycles. The van der Waals surface area contributed by atoms with Crippen molar-refractivity contribution in [1.82, 2.24) is 9.80 Å². The van der Waals surface area contributed by atoms with E-state index in [4.69, 9.17) is 4.74 Å². The van der Waals surface area contributed by atoms with E-state index in [2.05, 4.69) is 0 Å². The molecule has 25 heavy (non-hydrogen) atoms. The van der Waals surface area contributed by atoms with Gasteiger partial charge in [0.25, 0.3) is 0 Å². The van der Waals surface area contributed by atoms with Gasteiger partial charge in [-0.1, -0.05) is 18.2 Å². The number of carbonyl (C=O) groups is 2. The molecule has 1 aromatic rings. The van der Waals surface area contributed by atoms with E-state index in [1.54, 1.807) is 7.11 Å². The minimum Gasteiger partial charge on any atom is -0.496 e. The van der Waals surface area contributed by atoms with E-state index >= 15 is 0 Å². The summed E-state index contributed by atoms with van der Waals surface area (Å²) in [6.45, 7) is 3.17. The number of rotatable bonds is 4. The van der Waals surface area contributed by atoms with Gasteiger partial charge in [0.2, 0.25) is 11.8 Å². The van der Waals surface area contributed by atoms with Crippen LogP contribution in [0.15, 0.2) is 24.3 Å². The highest BCUT2D eigenvalue weighted by Gasteiger charge is 2.30. The van der Waals surface area contributed by atoms with Crippen LogP contribution in [0.25, 0.3) is 0 Å². The lowest BCUT2D eigenvalue weighted by Gasteiger charge is -2.35. The van der Waals surface area contributed by atoms with Gasteiger partial charge in [0.1, 0.15) is 5.75 Å². The van der Waals surface area contributed by atoms with Crippen molar-refractivity contribution in [2.75, 3.05) is 33.3 Å². The van der Waals surface area contributed by atoms with Crippen molar-refractivity contribution in [3.63, 3.8) is 0 Å². The molecule has 2 heterocycles. The van der Waals surface area contributed by atoms with Gasteiger partial charge in [0.05, 0.1) is 13.5 Å². The second-order valence-corrected chi connectivity index (χ2v) is 7.03. The molecule has 2 amide bonds. The zero-order valence-electron chi connectivity index (χ0n) is 15.1. The predicted octanol–water partition coefficient (Wildman–Crippen LogP) is 2.49. The minimum absolute atomic E-state index is 0.0911. The second-order valence-electron chi connectivity index (χ2n) is 7.03. The van der Waals surface area contributed by atoms with Crippen molar-refractivity contribution in [1.29, 1.82) is 0 Å². The average Bonchev–Trinajstić information content (AvgIpc) is 2.68. The van der Waals surface area contributed by atoms with Crippen molar-refractivity contribution in [3.05, 3.63) is 29.8 Å². The number of ether oxygens (including phenoxy) is 1. The monoisotopic (exact) mass is 344 g/mol. The maximum absolute atomic E-state index is 12.6. The predicted molar refractivity (Wildman–Crippen MR) is 96.4 cm³/mol. The Morgan fingerprint density at radius 2 is 1.68 bits per heavy atom. The summed E-state index contributed by atoms with van der Waals surface area (Å²) in [6.07, 6.45) is 5.42. The molecule has 0 saturated carbocycles. The summed E-state index contributed by atoms with van der Waals surface area (Å²) < 4.78 is 5.33. The molecule has 136 valence electrons. The van der Waals surface area contributed by atoms with E-state index < -0.39 is 0 Å². The van der Waals surface area contributed by atoms with Crippen molar-refractivity contribution < 1.29 is 14.3 Å². The number of hydrogen-bond acceptors (Lipinski definition) is 3. The van der Waals surface area contributed by atoms with Crippen LogP contribution in [-0.4, -0.2) is 54.9 Å². The molecule has 5 heteroatoms. The maximum Gasteiger partial charge on any atom is 0.227 e. The number of likely N-dealkylation sites (tertiary alicyclic amines) is 2. The van der Waals surface area contributed by atoms with Gasteiger partial charge in [-0.3, -0.25) is 9.59 Å². The standard InChI is InChI=1S/C20H28N2O3/c1-25-18-8-4-3-7-17(18)15-19(23)21-13-9-16(10-14-21)20(24)22-11-5-2-6-12-22/h3-4,7-8,16H,2,5-6,9-15H2,1H3. The van der Waals surface area contributed by atoms with Crippen molar-refractivity contribution in [3.8, 4) is 5.75 Å². The van der Waals surface area contributed by atoms with Crippen LogP contribution in [0.1, 0.15) is 37.7 Å². The zero-order chi connectivity index (χ0) is 17.6. The summed E-state index contributed by atoms with van der Waals surface area (Å²) in [5, 5.41) is 0. The van der Waals surface area contributed by atoms with Gasteiger partial charge in [0, 0.05) is 37.7 Å². The number of amides is 2. The van der Waals surface area contributed by atoms with Crippen LogP contribution in [0, 0.1) is 5.92 Å². The SMILES string of the molecule is COc1ccccc1CC(=O)N1CCC(C(=O)N2CCCCC2)CC1. The Hall–Kier alpha value is -2.04. The number of hydrogen-bond donors (Lipinski definition) is 0. The van der Waals surface area contributed by atoms with Gasteiger partial charge in [-0.25, -0.2) is 0 Å². The van der Waals surface area contributed by atoms with Crippen molar-refractivity contribution in [2.45, 2.75) is 38.5 Å². The molecule has 0 bridgehead atoms. The lowest BCUT2D eigenvalue weighted by Crippen LogP contribution is -2.46. The highest BCUT2D eigenvalue weighted by atomic mass is 16.5. The third-order valence-electron chi connectivity index (χ3n) is 5.40. The van der Waals surface area contributed by atoms with Gasteiger partial charge >= 0.3 is 0 Å². The van der Waals surface area contributed by atoms with Crippen molar-refractivity contribution >= 4 is 11.8 Å². The Labute approximate surface area is 149 Å². The molecule has 0 atom stereocenters. The van der Waals surface area contributed by atoms with E-state index in [9.17, 15) is 9.59 Å². The molecule has 0 spiro atoms. The molecule has 5 nitrogen and oxygen atoms in total. The maximum atomic E-state index is 12.6. The van der Waals surface area contributed by atoms with E-state index in [1.807, 2.05) is 34.1 Å². The fourth-order valence-corrected chi connectivity index (χ4v) is 3.87. The summed E-state index contributed by atoms with van der Waals surface area (Å²) in [4.78, 5) is 29.1. The number of benzene rings is 1. The molecule has 0 aliphatic carbocycles. The lowest BCUT2D eigenvalue weighted by atomic mass is 9.94. The van der Waals surface area contributed by atoms with Gasteiger partial charge < -0.3 is 14.5 Å². The Kier molecular flexibility index (Phi) is 5.95. The molecular formula is C20H28N2O3. The van der Waals surface area contributed by atoms with E-state index in [1.165, 1.54) is 6.42 Å². The van der Waals surface area contributed by atoms with Crippen LogP contribution >= 0.6 is 0 Å². The summed E-state index contributed by atoms with van der Waals surface area (Å²) in [5.74, 6) is 1.27. The molecule has 2 fully saturated rings. The smallest absolute Gasteiger partial charge is 0.227 e. The summed E-state index contributed by atoms with van der Waals surface area (Å²) in [6, 6.07) is 7.65. The molecule has 2 aliphatic heterocycles. The van der Waals surface area contributed by atoms with Crippen LogP contribution in [0.2, 0.25) is 0 Å². The first-order valence-electron chi connectivity index (χ1n) is 9.37. The normalized spacial score (nSPS) is 18.9. The molecule has 2 aliphatic rings. The molecule has 3 rings (SSSR count). The van der Waals surface area contributed by atoms with Gasteiger partial charge in [0.15, 0.2) is 0 Å². The Morgan fingerprint density at radius 3 is 2.36 bits per heavy atom. The highest BCUT2D eigenvalue weighted by molar-refractivity contribution is 5.81. The Morgan fingerprint density at radius 1 is 1.00 bits per heavy atom. The Balaban J connectivity index is 1.51. The Bertz CT molecular complexity index is 603. The van der Waals surface area contributed by atoms with E-state index in [0.29, 0.717) is 25.4 Å². The average molecular weight is 344 g/mol. The molecule has 0 aromatic heterocycles. The zero-order valence-corrected chi connectivity index (χ0v) is 15.1. The highest BCUT2D eigenvalue weighted by Crippen LogP contribution is 2.24. The van der Waals surface area contributed by atoms with Crippen LogP contribution in [-0.2, 0) is 16.0 Å². The van der Waals surface area contributed by atoms with Gasteiger partial charge in [-0.05, 0) is 38.2 Å². The van der Waals surface area contributed by atoms with Crippen LogP contribution in [0.5, 0.6) is 5.75 Å². The first-order chi connectivity index (χ1) is 12.2. The van der Waals surface area contributed by atoms with Crippen LogP contribution in [0.3, 0.4) is 0 Å². The second kappa shape index (κ2) is 8.37. The third kappa shape index (κ3) is 4.33. The van der Waals surface area contributed by atoms with Crippen LogP contribution in [0.4, 0.5) is 0 Å². The molecule has 0 radical (unpaired) electrons. The summed E-state index contributed by atoms with van der Waals surface area (Å²) in [7, 11) is 1.63.